The Labute approximate surface area is 145 Å². The van der Waals surface area contributed by atoms with E-state index in [2.05, 4.69) is 4.98 Å². The van der Waals surface area contributed by atoms with Crippen molar-refractivity contribution in [3.8, 4) is 0 Å². The Kier molecular flexibility index (Phi) is 5.03. The highest BCUT2D eigenvalue weighted by atomic mass is 16.6. The van der Waals surface area contributed by atoms with Gasteiger partial charge in [-0.05, 0) is 6.07 Å². The second kappa shape index (κ2) is 7.57. The highest BCUT2D eigenvalue weighted by molar-refractivity contribution is 6.04. The summed E-state index contributed by atoms with van der Waals surface area (Å²) in [5, 5.41) is 11.1. The van der Waals surface area contributed by atoms with E-state index in [1.54, 1.807) is 36.7 Å². The fraction of sp³-hybridized carbons (Fsp3) is 0.222. The molecule has 1 aromatic carbocycles. The van der Waals surface area contributed by atoms with Gasteiger partial charge in [-0.3, -0.25) is 14.9 Å². The summed E-state index contributed by atoms with van der Waals surface area (Å²) in [7, 11) is 0. The maximum atomic E-state index is 12.1. The molecule has 0 amide bonds. The lowest BCUT2D eigenvalue weighted by atomic mass is 10.1. The molecule has 2 aromatic rings. The predicted octanol–water partition coefficient (Wildman–Crippen LogP) is 2.51. The molecule has 0 radical (unpaired) electrons. The van der Waals surface area contributed by atoms with Gasteiger partial charge in [-0.2, -0.15) is 0 Å². The minimum atomic E-state index is -0.410. The minimum absolute atomic E-state index is 0.0192. The molecule has 1 aliphatic rings. The van der Waals surface area contributed by atoms with Crippen molar-refractivity contribution in [3.63, 3.8) is 0 Å². The molecule has 0 spiro atoms. The van der Waals surface area contributed by atoms with E-state index < -0.39 is 4.92 Å². The number of piperazine rings is 1. The largest absolute Gasteiger partial charge is 0.374 e. The molecule has 3 rings (SSSR count). The van der Waals surface area contributed by atoms with Crippen molar-refractivity contribution >= 4 is 17.3 Å². The van der Waals surface area contributed by atoms with Gasteiger partial charge in [0.25, 0.3) is 0 Å². The third-order valence-corrected chi connectivity index (χ3v) is 4.07. The standard InChI is InChI=1S/C18H18N4O3/c23-17(15-5-2-1-3-6-15)8-10-20-11-13-21(14-12-20)18-16(22(24)25)7-4-9-19-18/h1-10H,11-14H2. The normalized spacial score (nSPS) is 14.7. The molecule has 0 N–H and O–H groups in total. The number of rotatable bonds is 5. The van der Waals surface area contributed by atoms with Gasteiger partial charge in [0.15, 0.2) is 5.78 Å². The average Bonchev–Trinajstić information content (AvgIpc) is 2.67. The van der Waals surface area contributed by atoms with Gasteiger partial charge in [-0.1, -0.05) is 30.3 Å². The molecule has 0 bridgehead atoms. The number of nitrogens with zero attached hydrogens (tertiary/aromatic N) is 4. The molecule has 128 valence electrons. The van der Waals surface area contributed by atoms with Crippen LogP contribution in [0.3, 0.4) is 0 Å². The number of allylic oxidation sites excluding steroid dienone is 1. The number of aromatic nitrogens is 1. The molecule has 2 heterocycles. The summed E-state index contributed by atoms with van der Waals surface area (Å²) in [4.78, 5) is 30.9. The van der Waals surface area contributed by atoms with Gasteiger partial charge >= 0.3 is 5.69 Å². The van der Waals surface area contributed by atoms with Gasteiger partial charge in [-0.15, -0.1) is 0 Å². The van der Waals surface area contributed by atoms with Gasteiger partial charge in [0.05, 0.1) is 4.92 Å². The van der Waals surface area contributed by atoms with Crippen LogP contribution in [0.2, 0.25) is 0 Å². The van der Waals surface area contributed by atoms with Crippen molar-refractivity contribution < 1.29 is 9.72 Å². The highest BCUT2D eigenvalue weighted by Crippen LogP contribution is 2.25. The lowest BCUT2D eigenvalue weighted by molar-refractivity contribution is -0.384. The summed E-state index contributed by atoms with van der Waals surface area (Å²) in [5.74, 6) is 0.361. The number of hydrogen-bond donors (Lipinski definition) is 0. The van der Waals surface area contributed by atoms with E-state index in [-0.39, 0.29) is 11.5 Å². The maximum absolute atomic E-state index is 12.1. The van der Waals surface area contributed by atoms with Gasteiger partial charge in [0, 0.05) is 56.3 Å². The number of benzene rings is 1. The van der Waals surface area contributed by atoms with Crippen molar-refractivity contribution in [2.24, 2.45) is 0 Å². The molecule has 0 atom stereocenters. The van der Waals surface area contributed by atoms with E-state index in [1.165, 1.54) is 6.07 Å². The van der Waals surface area contributed by atoms with Crippen LogP contribution in [-0.4, -0.2) is 46.8 Å². The number of carbonyl (C=O) groups excluding carboxylic acids is 1. The van der Waals surface area contributed by atoms with Crippen LogP contribution in [0.1, 0.15) is 10.4 Å². The summed E-state index contributed by atoms with van der Waals surface area (Å²) < 4.78 is 0. The summed E-state index contributed by atoms with van der Waals surface area (Å²) >= 11 is 0. The quantitative estimate of drug-likeness (QED) is 0.361. The lowest BCUT2D eigenvalue weighted by Gasteiger charge is -2.34. The lowest BCUT2D eigenvalue weighted by Crippen LogP contribution is -2.44. The first kappa shape index (κ1) is 16.6. The Balaban J connectivity index is 1.60. The van der Waals surface area contributed by atoms with Crippen LogP contribution in [0.15, 0.2) is 60.9 Å². The number of nitro groups is 1. The third-order valence-electron chi connectivity index (χ3n) is 4.07. The molecular weight excluding hydrogens is 320 g/mol. The summed E-state index contributed by atoms with van der Waals surface area (Å²) in [6.45, 7) is 2.57. The van der Waals surface area contributed by atoms with E-state index in [9.17, 15) is 14.9 Å². The highest BCUT2D eigenvalue weighted by Gasteiger charge is 2.23. The first-order valence-electron chi connectivity index (χ1n) is 8.01. The van der Waals surface area contributed by atoms with Gasteiger partial charge in [-0.25, -0.2) is 4.98 Å². The Morgan fingerprint density at radius 3 is 2.48 bits per heavy atom. The fourth-order valence-electron chi connectivity index (χ4n) is 2.73. The molecule has 25 heavy (non-hydrogen) atoms. The second-order valence-corrected chi connectivity index (χ2v) is 5.67. The van der Waals surface area contributed by atoms with Crippen LogP contribution in [-0.2, 0) is 0 Å². The maximum Gasteiger partial charge on any atom is 0.311 e. The topological polar surface area (TPSA) is 79.6 Å². The van der Waals surface area contributed by atoms with Crippen LogP contribution < -0.4 is 4.90 Å². The van der Waals surface area contributed by atoms with Crippen LogP contribution in [0.25, 0.3) is 0 Å². The van der Waals surface area contributed by atoms with E-state index in [1.807, 2.05) is 28.0 Å². The zero-order valence-electron chi connectivity index (χ0n) is 13.6. The Bertz CT molecular complexity index is 784. The van der Waals surface area contributed by atoms with E-state index in [4.69, 9.17) is 0 Å². The molecule has 1 aromatic heterocycles. The van der Waals surface area contributed by atoms with E-state index in [0.717, 1.165) is 0 Å². The second-order valence-electron chi connectivity index (χ2n) is 5.67. The Morgan fingerprint density at radius 1 is 1.08 bits per heavy atom. The number of carbonyl (C=O) groups is 1. The van der Waals surface area contributed by atoms with E-state index in [0.29, 0.717) is 37.6 Å². The Morgan fingerprint density at radius 2 is 1.80 bits per heavy atom. The van der Waals surface area contributed by atoms with Gasteiger partial charge in [0.1, 0.15) is 0 Å². The third kappa shape index (κ3) is 4.00. The van der Waals surface area contributed by atoms with Crippen molar-refractivity contribution in [1.29, 1.82) is 0 Å². The zero-order valence-corrected chi connectivity index (χ0v) is 13.6. The predicted molar refractivity (Wildman–Crippen MR) is 94.6 cm³/mol. The molecule has 1 saturated heterocycles. The van der Waals surface area contributed by atoms with Gasteiger partial charge in [0.2, 0.25) is 5.82 Å². The van der Waals surface area contributed by atoms with E-state index >= 15 is 0 Å². The van der Waals surface area contributed by atoms with Crippen molar-refractivity contribution in [2.45, 2.75) is 0 Å². The van der Waals surface area contributed by atoms with Gasteiger partial charge < -0.3 is 9.80 Å². The number of anilines is 1. The minimum Gasteiger partial charge on any atom is -0.374 e. The molecular formula is C18H18N4O3. The number of ketones is 1. The molecule has 0 unspecified atom stereocenters. The van der Waals surface area contributed by atoms with Crippen LogP contribution in [0, 0.1) is 10.1 Å². The summed E-state index contributed by atoms with van der Waals surface area (Å²) in [6.07, 6.45) is 4.92. The van der Waals surface area contributed by atoms with Crippen LogP contribution in [0.5, 0.6) is 0 Å². The monoisotopic (exact) mass is 338 g/mol. The van der Waals surface area contributed by atoms with Crippen molar-refractivity contribution in [2.75, 3.05) is 31.1 Å². The first-order valence-corrected chi connectivity index (χ1v) is 8.01. The molecule has 1 aliphatic heterocycles. The zero-order chi connectivity index (χ0) is 17.6. The molecule has 7 heteroatoms. The number of hydrogen-bond acceptors (Lipinski definition) is 6. The van der Waals surface area contributed by atoms with Crippen LogP contribution in [0.4, 0.5) is 11.5 Å². The Hall–Kier alpha value is -3.22. The van der Waals surface area contributed by atoms with Crippen molar-refractivity contribution in [1.82, 2.24) is 9.88 Å². The molecule has 1 fully saturated rings. The number of pyridine rings is 1. The fourth-order valence-corrected chi connectivity index (χ4v) is 2.73. The SMILES string of the molecule is O=C(C=CN1CCN(c2ncccc2[N+](=O)[O-])CC1)c1ccccc1. The van der Waals surface area contributed by atoms with Crippen molar-refractivity contribution in [3.05, 3.63) is 76.6 Å². The average molecular weight is 338 g/mol. The first-order chi connectivity index (χ1) is 12.1. The summed E-state index contributed by atoms with van der Waals surface area (Å²) in [6, 6.07) is 12.1. The molecule has 0 saturated carbocycles. The molecule has 0 aliphatic carbocycles. The van der Waals surface area contributed by atoms with Crippen LogP contribution >= 0.6 is 0 Å². The molecule has 7 nitrogen and oxygen atoms in total. The smallest absolute Gasteiger partial charge is 0.311 e. The summed E-state index contributed by atoms with van der Waals surface area (Å²) in [5.41, 5.74) is 0.673.